The molecule has 5 aliphatic rings. The van der Waals surface area contributed by atoms with E-state index in [2.05, 4.69) is 5.32 Å². The molecule has 302 valence electrons. The largest absolute Gasteiger partial charge is 0.493 e. The van der Waals surface area contributed by atoms with E-state index in [9.17, 15) is 24.3 Å². The van der Waals surface area contributed by atoms with Crippen LogP contribution in [0.25, 0.3) is 0 Å². The summed E-state index contributed by atoms with van der Waals surface area (Å²) in [6, 6.07) is 7.69. The van der Waals surface area contributed by atoms with Crippen LogP contribution in [0.1, 0.15) is 127 Å². The first-order valence-corrected chi connectivity index (χ1v) is 20.6. The van der Waals surface area contributed by atoms with Gasteiger partial charge in [-0.15, -0.1) is 0 Å². The maximum Gasteiger partial charge on any atom is 0.340 e. The Morgan fingerprint density at radius 3 is 1.72 bits per heavy atom. The molecule has 3 saturated carbocycles. The van der Waals surface area contributed by atoms with Gasteiger partial charge in [0.25, 0.3) is 5.91 Å². The molecular weight excluding hydrogens is 777 g/mol. The molecule has 0 bridgehead atoms. The Labute approximate surface area is 340 Å². The molecule has 0 aromatic heterocycles. The molecule has 8 rings (SSSR count). The molecule has 1 amide bonds. The minimum absolute atomic E-state index is 0.0324. The number of nitrogens with one attached hydrogen (secondary N) is 1. The van der Waals surface area contributed by atoms with Crippen LogP contribution in [0, 0.1) is 11.8 Å². The number of aliphatic hydroxyl groups excluding tert-OH is 1. The molecule has 2 N–H and O–H groups in total. The molecule has 0 radical (unpaired) electrons. The van der Waals surface area contributed by atoms with E-state index in [4.69, 9.17) is 51.6 Å². The Balaban J connectivity index is 1.26. The van der Waals surface area contributed by atoms with E-state index in [-0.39, 0.29) is 96.7 Å². The number of benzene rings is 3. The zero-order valence-electron chi connectivity index (χ0n) is 31.9. The van der Waals surface area contributed by atoms with Crippen molar-refractivity contribution in [3.8, 4) is 34.5 Å². The Hall–Kier alpha value is -4.52. The summed E-state index contributed by atoms with van der Waals surface area (Å²) < 4.78 is 36.4. The van der Waals surface area contributed by atoms with Gasteiger partial charge in [-0.05, 0) is 75.6 Å². The van der Waals surface area contributed by atoms with E-state index in [1.807, 2.05) is 0 Å². The molecular formula is C43H45Cl2NO11. The highest BCUT2D eigenvalue weighted by atomic mass is 35.5. The van der Waals surface area contributed by atoms with Crippen molar-refractivity contribution in [3.63, 3.8) is 0 Å². The lowest BCUT2D eigenvalue weighted by atomic mass is 9.77. The third-order valence-electron chi connectivity index (χ3n) is 12.1. The van der Waals surface area contributed by atoms with Crippen molar-refractivity contribution in [2.24, 2.45) is 11.8 Å². The van der Waals surface area contributed by atoms with Crippen molar-refractivity contribution in [3.05, 3.63) is 68.2 Å². The number of carbonyl (C=O) groups is 4. The summed E-state index contributed by atoms with van der Waals surface area (Å²) >= 11 is 14.3. The highest BCUT2D eigenvalue weighted by Gasteiger charge is 2.56. The zero-order chi connectivity index (χ0) is 40.0. The first-order chi connectivity index (χ1) is 27.5. The fraction of sp³-hybridized carbons (Fsp3) is 0.488. The monoisotopic (exact) mass is 821 g/mol. The SMILES string of the molecule is COc1cc2c(c(Cl)c1OC(=O)C1CCCCC1)Oc1c(cc(OC)c(OC(=O)C3CCCCC3)c1Cl)C21OC(=O)c2cc(C(=O)NC3CCC(O)CC3)ccc21. The van der Waals surface area contributed by atoms with Gasteiger partial charge in [0, 0.05) is 17.2 Å². The Morgan fingerprint density at radius 1 is 0.719 bits per heavy atom. The van der Waals surface area contributed by atoms with Crippen LogP contribution in [0.5, 0.6) is 34.5 Å². The van der Waals surface area contributed by atoms with Crippen LogP contribution in [0.3, 0.4) is 0 Å². The lowest BCUT2D eigenvalue weighted by molar-refractivity contribution is -0.140. The Bertz CT molecular complexity index is 2020. The topological polar surface area (TPSA) is 156 Å². The second kappa shape index (κ2) is 16.0. The molecule has 0 unspecified atom stereocenters. The Kier molecular flexibility index (Phi) is 11.1. The van der Waals surface area contributed by atoms with Crippen molar-refractivity contribution in [1.29, 1.82) is 0 Å². The molecule has 3 aliphatic carbocycles. The Morgan fingerprint density at radius 2 is 1.23 bits per heavy atom. The van der Waals surface area contributed by atoms with Crippen LogP contribution in [0.4, 0.5) is 0 Å². The van der Waals surface area contributed by atoms with Gasteiger partial charge in [-0.2, -0.15) is 0 Å². The molecule has 12 nitrogen and oxygen atoms in total. The summed E-state index contributed by atoms with van der Waals surface area (Å²) in [7, 11) is 2.80. The molecule has 0 saturated heterocycles. The van der Waals surface area contributed by atoms with Gasteiger partial charge in [-0.3, -0.25) is 14.4 Å². The number of carbonyl (C=O) groups excluding carboxylic acids is 4. The number of hydrogen-bond acceptors (Lipinski definition) is 11. The highest BCUT2D eigenvalue weighted by molar-refractivity contribution is 6.35. The standard InChI is InChI=1S/C43H45Cl2NO11/c1-52-31-20-29-35(33(44)37(31)55-40(49)22-9-5-3-6-10-22)54-36-30(21-32(53-2)38(34(36)45)56-41(50)23-11-7-4-8-12-23)43(29)28-18-13-24(19-27(28)42(51)57-43)39(48)46-25-14-16-26(47)17-15-25/h13,18-23,25-26,47H,3-12,14-17H2,1-2H3,(H,46,48). The van der Waals surface area contributed by atoms with Gasteiger partial charge >= 0.3 is 17.9 Å². The minimum atomic E-state index is -1.81. The van der Waals surface area contributed by atoms with Gasteiger partial charge in [0.2, 0.25) is 0 Å². The van der Waals surface area contributed by atoms with E-state index >= 15 is 0 Å². The number of halogens is 2. The van der Waals surface area contributed by atoms with Gasteiger partial charge in [0.1, 0.15) is 10.0 Å². The van der Waals surface area contributed by atoms with Crippen LogP contribution < -0.4 is 29.0 Å². The number of hydrogen-bond donors (Lipinski definition) is 2. The first-order valence-electron chi connectivity index (χ1n) is 19.8. The van der Waals surface area contributed by atoms with Crippen LogP contribution in [0.2, 0.25) is 10.0 Å². The smallest absolute Gasteiger partial charge is 0.340 e. The van der Waals surface area contributed by atoms with Gasteiger partial charge in [0.05, 0.1) is 48.8 Å². The molecule has 2 heterocycles. The fourth-order valence-corrected chi connectivity index (χ4v) is 9.53. The predicted octanol–water partition coefficient (Wildman–Crippen LogP) is 8.58. The maximum absolute atomic E-state index is 14.1. The first kappa shape index (κ1) is 39.3. The fourth-order valence-electron chi connectivity index (χ4n) is 8.99. The molecule has 57 heavy (non-hydrogen) atoms. The summed E-state index contributed by atoms with van der Waals surface area (Å²) in [5, 5.41) is 12.7. The average Bonchev–Trinajstić information content (AvgIpc) is 3.52. The van der Waals surface area contributed by atoms with E-state index < -0.39 is 23.5 Å². The minimum Gasteiger partial charge on any atom is -0.493 e. The second-order valence-corrected chi connectivity index (χ2v) is 16.4. The van der Waals surface area contributed by atoms with E-state index in [1.54, 1.807) is 24.3 Å². The van der Waals surface area contributed by atoms with Crippen molar-refractivity contribution < 1.29 is 52.7 Å². The number of methoxy groups -OCH3 is 2. The van der Waals surface area contributed by atoms with E-state index in [0.717, 1.165) is 38.5 Å². The molecule has 14 heteroatoms. The van der Waals surface area contributed by atoms with Gasteiger partial charge in [0.15, 0.2) is 40.1 Å². The van der Waals surface area contributed by atoms with E-state index in [0.29, 0.717) is 56.9 Å². The molecule has 3 fully saturated rings. The summed E-state index contributed by atoms with van der Waals surface area (Å²) in [5.41, 5.74) is -0.677. The number of fused-ring (bicyclic) bond motifs is 6. The molecule has 3 aromatic carbocycles. The van der Waals surface area contributed by atoms with Crippen LogP contribution in [-0.4, -0.2) is 55.3 Å². The number of aliphatic hydroxyl groups is 1. The third-order valence-corrected chi connectivity index (χ3v) is 12.8. The molecule has 0 atom stereocenters. The number of amides is 1. The number of ether oxygens (including phenoxy) is 6. The molecule has 2 aliphatic heterocycles. The van der Waals surface area contributed by atoms with Gasteiger partial charge in [-0.25, -0.2) is 4.79 Å². The molecule has 1 spiro atoms. The maximum atomic E-state index is 14.1. The van der Waals surface area contributed by atoms with Gasteiger partial charge < -0.3 is 38.8 Å². The van der Waals surface area contributed by atoms with Crippen LogP contribution in [-0.2, 0) is 19.9 Å². The quantitative estimate of drug-likeness (QED) is 0.166. The van der Waals surface area contributed by atoms with E-state index in [1.165, 1.54) is 20.3 Å². The third kappa shape index (κ3) is 7.07. The predicted molar refractivity (Wildman–Crippen MR) is 208 cm³/mol. The zero-order valence-corrected chi connectivity index (χ0v) is 33.4. The second-order valence-electron chi connectivity index (χ2n) is 15.6. The highest BCUT2D eigenvalue weighted by Crippen LogP contribution is 2.63. The van der Waals surface area contributed by atoms with Crippen molar-refractivity contribution in [2.75, 3.05) is 14.2 Å². The summed E-state index contributed by atoms with van der Waals surface area (Å²) in [6.07, 6.45) is 10.5. The number of esters is 3. The lowest BCUT2D eigenvalue weighted by Crippen LogP contribution is -2.38. The van der Waals surface area contributed by atoms with Gasteiger partial charge in [-0.1, -0.05) is 67.8 Å². The summed E-state index contributed by atoms with van der Waals surface area (Å²) in [4.78, 5) is 54.6. The van der Waals surface area contributed by atoms with Crippen molar-refractivity contribution in [1.82, 2.24) is 5.32 Å². The summed E-state index contributed by atoms with van der Waals surface area (Å²) in [6.45, 7) is 0. The normalized spacial score (nSPS) is 21.3. The van der Waals surface area contributed by atoms with Crippen LogP contribution >= 0.6 is 23.2 Å². The summed E-state index contributed by atoms with van der Waals surface area (Å²) in [5.74, 6) is -2.69. The molecule has 3 aromatic rings. The van der Waals surface area contributed by atoms with Crippen molar-refractivity contribution in [2.45, 2.75) is 108 Å². The number of rotatable bonds is 8. The average molecular weight is 823 g/mol. The van der Waals surface area contributed by atoms with Crippen LogP contribution in [0.15, 0.2) is 30.3 Å². The lowest BCUT2D eigenvalue weighted by Gasteiger charge is -2.38. The van der Waals surface area contributed by atoms with Crippen molar-refractivity contribution >= 4 is 47.0 Å².